The minimum atomic E-state index is -3.68. The van der Waals surface area contributed by atoms with Gasteiger partial charge in [-0.05, 0) is 72.0 Å². The summed E-state index contributed by atoms with van der Waals surface area (Å²) in [6.45, 7) is 0.149. The number of aromatic nitrogens is 1. The van der Waals surface area contributed by atoms with E-state index in [0.717, 1.165) is 17.5 Å². The third-order valence-corrected chi connectivity index (χ3v) is 6.71. The Kier molecular flexibility index (Phi) is 6.01. The normalized spacial score (nSPS) is 17.7. The van der Waals surface area contributed by atoms with Crippen LogP contribution in [-0.4, -0.2) is 26.4 Å². The van der Waals surface area contributed by atoms with Gasteiger partial charge in [0.15, 0.2) is 0 Å². The van der Waals surface area contributed by atoms with Crippen molar-refractivity contribution in [2.24, 2.45) is 5.92 Å². The van der Waals surface area contributed by atoms with Crippen LogP contribution in [-0.2, 0) is 21.4 Å². The van der Waals surface area contributed by atoms with Crippen molar-refractivity contribution in [3.63, 3.8) is 0 Å². The zero-order chi connectivity index (χ0) is 21.8. The Morgan fingerprint density at radius 2 is 1.84 bits per heavy atom. The van der Waals surface area contributed by atoms with Crippen LogP contribution in [0.5, 0.6) is 5.75 Å². The predicted octanol–water partition coefficient (Wildman–Crippen LogP) is 3.31. The van der Waals surface area contributed by atoms with E-state index in [9.17, 15) is 13.2 Å². The van der Waals surface area contributed by atoms with Crippen molar-refractivity contribution in [2.45, 2.75) is 23.8 Å². The molecule has 0 radical (unpaired) electrons. The molecule has 31 heavy (non-hydrogen) atoms. The van der Waals surface area contributed by atoms with Crippen molar-refractivity contribution >= 4 is 21.6 Å². The average molecular weight is 438 g/mol. The molecule has 2 unspecified atom stereocenters. The molecule has 1 aliphatic rings. The molecule has 1 saturated carbocycles. The zero-order valence-electron chi connectivity index (χ0n) is 17.0. The number of carbonyl (C=O) groups excluding carboxylic acids is 1. The van der Waals surface area contributed by atoms with Gasteiger partial charge in [0.25, 0.3) is 0 Å². The molecular weight excluding hydrogens is 414 g/mol. The maximum atomic E-state index is 12.6. The highest BCUT2D eigenvalue weighted by Crippen LogP contribution is 2.47. The largest absolute Gasteiger partial charge is 0.497 e. The van der Waals surface area contributed by atoms with Gasteiger partial charge in [-0.2, -0.15) is 0 Å². The highest BCUT2D eigenvalue weighted by molar-refractivity contribution is 7.89. The third kappa shape index (κ3) is 5.10. The number of nitrogens with zero attached hydrogens (tertiary/aromatic N) is 1. The second-order valence-electron chi connectivity index (χ2n) is 7.42. The molecule has 1 aliphatic carbocycles. The second kappa shape index (κ2) is 8.87. The molecule has 0 saturated heterocycles. The fourth-order valence-corrected chi connectivity index (χ4v) is 4.48. The average Bonchev–Trinajstić information content (AvgIpc) is 3.60. The molecule has 0 bridgehead atoms. The summed E-state index contributed by atoms with van der Waals surface area (Å²) < 4.78 is 32.9. The lowest BCUT2D eigenvalue weighted by Crippen LogP contribution is -2.23. The van der Waals surface area contributed by atoms with Gasteiger partial charge in [0.1, 0.15) is 5.75 Å². The van der Waals surface area contributed by atoms with Gasteiger partial charge >= 0.3 is 0 Å². The van der Waals surface area contributed by atoms with Crippen LogP contribution in [0.1, 0.15) is 23.5 Å². The number of sulfonamides is 1. The minimum Gasteiger partial charge on any atom is -0.497 e. The summed E-state index contributed by atoms with van der Waals surface area (Å²) in [6.07, 6.45) is 4.25. The molecule has 7 nitrogen and oxygen atoms in total. The number of benzene rings is 2. The first-order chi connectivity index (χ1) is 15.0. The Morgan fingerprint density at radius 3 is 2.55 bits per heavy atom. The fraction of sp³-hybridized carbons (Fsp3) is 0.217. The predicted molar refractivity (Wildman–Crippen MR) is 117 cm³/mol. The molecule has 160 valence electrons. The quantitative estimate of drug-likeness (QED) is 0.564. The Hall–Kier alpha value is -3.23. The van der Waals surface area contributed by atoms with Gasteiger partial charge in [0.05, 0.1) is 12.0 Å². The number of amides is 1. The molecular formula is C23H23N3O4S. The molecule has 2 atom stereocenters. The van der Waals surface area contributed by atoms with Crippen LogP contribution in [0.15, 0.2) is 78.0 Å². The molecule has 3 aromatic rings. The van der Waals surface area contributed by atoms with Crippen LogP contribution < -0.4 is 14.8 Å². The Morgan fingerprint density at radius 1 is 1.10 bits per heavy atom. The van der Waals surface area contributed by atoms with Gasteiger partial charge in [0, 0.05) is 30.5 Å². The van der Waals surface area contributed by atoms with Crippen LogP contribution >= 0.6 is 0 Å². The molecule has 1 heterocycles. The van der Waals surface area contributed by atoms with E-state index in [-0.39, 0.29) is 29.2 Å². The molecule has 1 aromatic heterocycles. The maximum Gasteiger partial charge on any atom is 0.240 e. The molecule has 1 amide bonds. The second-order valence-corrected chi connectivity index (χ2v) is 9.19. The summed E-state index contributed by atoms with van der Waals surface area (Å²) in [5.74, 6) is 0.742. The first-order valence-electron chi connectivity index (χ1n) is 9.90. The van der Waals surface area contributed by atoms with Crippen LogP contribution in [0.25, 0.3) is 0 Å². The maximum absolute atomic E-state index is 12.6. The van der Waals surface area contributed by atoms with E-state index in [1.165, 1.54) is 12.1 Å². The third-order valence-electron chi connectivity index (χ3n) is 5.29. The smallest absolute Gasteiger partial charge is 0.240 e. The van der Waals surface area contributed by atoms with E-state index in [2.05, 4.69) is 15.0 Å². The number of methoxy groups -OCH3 is 1. The lowest BCUT2D eigenvalue weighted by Gasteiger charge is -2.09. The van der Waals surface area contributed by atoms with Crippen molar-refractivity contribution in [1.82, 2.24) is 9.71 Å². The van der Waals surface area contributed by atoms with Gasteiger partial charge in [0.2, 0.25) is 15.9 Å². The Bertz CT molecular complexity index is 1160. The van der Waals surface area contributed by atoms with Gasteiger partial charge in [-0.1, -0.05) is 12.1 Å². The number of nitrogens with one attached hydrogen (secondary N) is 2. The molecule has 8 heteroatoms. The topological polar surface area (TPSA) is 97.4 Å². The van der Waals surface area contributed by atoms with Gasteiger partial charge in [-0.15, -0.1) is 0 Å². The van der Waals surface area contributed by atoms with E-state index in [0.29, 0.717) is 11.4 Å². The molecule has 0 aliphatic heterocycles. The molecule has 2 aromatic carbocycles. The summed E-state index contributed by atoms with van der Waals surface area (Å²) in [6, 6.07) is 17.2. The summed E-state index contributed by atoms with van der Waals surface area (Å²) in [7, 11) is -2.12. The van der Waals surface area contributed by atoms with Crippen LogP contribution in [0, 0.1) is 5.92 Å². The number of ether oxygens (including phenoxy) is 1. The fourth-order valence-electron chi connectivity index (χ4n) is 3.46. The van der Waals surface area contributed by atoms with Crippen LogP contribution in [0.3, 0.4) is 0 Å². The Balaban J connectivity index is 1.34. The van der Waals surface area contributed by atoms with E-state index in [4.69, 9.17) is 4.74 Å². The SMILES string of the molecule is COc1cccc(CNS(=O)(=O)c2ccc(NC(=O)C3CC3c3ccncc3)cc2)c1. The minimum absolute atomic E-state index is 0.0615. The van der Waals surface area contributed by atoms with Gasteiger partial charge in [-0.3, -0.25) is 9.78 Å². The summed E-state index contributed by atoms with van der Waals surface area (Å²) in [5.41, 5.74) is 2.47. The van der Waals surface area contributed by atoms with E-state index in [1.54, 1.807) is 49.8 Å². The van der Waals surface area contributed by atoms with Crippen molar-refractivity contribution < 1.29 is 17.9 Å². The monoisotopic (exact) mass is 437 g/mol. The first-order valence-corrected chi connectivity index (χ1v) is 11.4. The van der Waals surface area contributed by atoms with E-state index in [1.807, 2.05) is 18.2 Å². The van der Waals surface area contributed by atoms with E-state index < -0.39 is 10.0 Å². The lowest BCUT2D eigenvalue weighted by atomic mass is 10.1. The number of hydrogen-bond donors (Lipinski definition) is 2. The molecule has 0 spiro atoms. The van der Waals surface area contributed by atoms with E-state index >= 15 is 0 Å². The number of carbonyl (C=O) groups is 1. The van der Waals surface area contributed by atoms with Crippen LogP contribution in [0.4, 0.5) is 5.69 Å². The standard InChI is InChI=1S/C23H23N3O4S/c1-30-19-4-2-3-16(13-19)15-25-31(28,29)20-7-5-18(6-8-20)26-23(27)22-14-21(22)17-9-11-24-12-10-17/h2-13,21-22,25H,14-15H2,1H3,(H,26,27). The molecule has 4 rings (SSSR count). The molecule has 2 N–H and O–H groups in total. The van der Waals surface area contributed by atoms with Crippen molar-refractivity contribution in [2.75, 3.05) is 12.4 Å². The molecule has 1 fully saturated rings. The summed E-state index contributed by atoms with van der Waals surface area (Å²) in [4.78, 5) is 16.6. The lowest BCUT2D eigenvalue weighted by molar-refractivity contribution is -0.117. The number of pyridine rings is 1. The van der Waals surface area contributed by atoms with Crippen molar-refractivity contribution in [3.05, 3.63) is 84.2 Å². The number of rotatable bonds is 8. The first kappa shape index (κ1) is 21.0. The number of anilines is 1. The highest BCUT2D eigenvalue weighted by atomic mass is 32.2. The highest BCUT2D eigenvalue weighted by Gasteiger charge is 2.43. The van der Waals surface area contributed by atoms with Crippen molar-refractivity contribution in [1.29, 1.82) is 0 Å². The van der Waals surface area contributed by atoms with Crippen molar-refractivity contribution in [3.8, 4) is 5.75 Å². The van der Waals surface area contributed by atoms with Crippen LogP contribution in [0.2, 0.25) is 0 Å². The van der Waals surface area contributed by atoms with Gasteiger partial charge in [-0.25, -0.2) is 13.1 Å². The summed E-state index contributed by atoms with van der Waals surface area (Å²) >= 11 is 0. The van der Waals surface area contributed by atoms with Gasteiger partial charge < -0.3 is 10.1 Å². The Labute approximate surface area is 181 Å². The zero-order valence-corrected chi connectivity index (χ0v) is 17.8. The summed E-state index contributed by atoms with van der Waals surface area (Å²) in [5, 5.41) is 2.87. The number of hydrogen-bond acceptors (Lipinski definition) is 5.